The number of anilines is 3. The summed E-state index contributed by atoms with van der Waals surface area (Å²) in [6.45, 7) is 0. The van der Waals surface area contributed by atoms with Gasteiger partial charge in [0.05, 0.1) is 10.2 Å². The summed E-state index contributed by atoms with van der Waals surface area (Å²) >= 11 is 1.80. The van der Waals surface area contributed by atoms with Crippen molar-refractivity contribution in [2.75, 3.05) is 4.90 Å². The minimum atomic E-state index is 1.08. The average molecular weight is 631 g/mol. The minimum Gasteiger partial charge on any atom is -0.311 e. The lowest BCUT2D eigenvalue weighted by Crippen LogP contribution is -2.09. The molecular weight excluding hydrogens is 601 g/mol. The van der Waals surface area contributed by atoms with E-state index in [2.05, 4.69) is 180 Å². The van der Waals surface area contributed by atoms with Crippen LogP contribution in [-0.2, 0) is 0 Å². The lowest BCUT2D eigenvalue weighted by atomic mass is 9.98. The molecule has 2 nitrogen and oxygen atoms in total. The lowest BCUT2D eigenvalue weighted by Gasteiger charge is -2.26. The summed E-state index contributed by atoms with van der Waals surface area (Å²) in [5, 5.41) is 3.73. The van der Waals surface area contributed by atoms with Crippen LogP contribution in [0.5, 0.6) is 0 Å². The molecule has 0 aliphatic rings. The summed E-state index contributed by atoms with van der Waals surface area (Å²) in [4.78, 5) is 7.02. The van der Waals surface area contributed by atoms with Crippen LogP contribution in [0.15, 0.2) is 182 Å². The predicted molar refractivity (Wildman–Crippen MR) is 206 cm³/mol. The van der Waals surface area contributed by atoms with Crippen molar-refractivity contribution in [3.8, 4) is 33.4 Å². The molecule has 9 aromatic rings. The van der Waals surface area contributed by atoms with E-state index in [0.29, 0.717) is 0 Å². The summed E-state index contributed by atoms with van der Waals surface area (Å²) < 4.78 is 2.49. The van der Waals surface area contributed by atoms with Crippen LogP contribution >= 0.6 is 11.3 Å². The van der Waals surface area contributed by atoms with E-state index < -0.39 is 0 Å². The Morgan fingerprint density at radius 2 is 0.979 bits per heavy atom. The number of thiophene rings is 1. The van der Waals surface area contributed by atoms with Crippen molar-refractivity contribution in [3.63, 3.8) is 0 Å². The molecule has 2 heterocycles. The molecule has 0 aliphatic carbocycles. The van der Waals surface area contributed by atoms with E-state index >= 15 is 0 Å². The molecule has 3 heteroatoms. The Hall–Kier alpha value is -6.03. The largest absolute Gasteiger partial charge is 0.311 e. The summed E-state index contributed by atoms with van der Waals surface area (Å²) in [5.74, 6) is 0. The average Bonchev–Trinajstić information content (AvgIpc) is 3.54. The Balaban J connectivity index is 1.10. The molecule has 0 radical (unpaired) electrons. The zero-order valence-electron chi connectivity index (χ0n) is 26.1. The van der Waals surface area contributed by atoms with Gasteiger partial charge in [-0.25, -0.2) is 0 Å². The van der Waals surface area contributed by atoms with Crippen LogP contribution in [0, 0.1) is 0 Å². The number of fused-ring (bicyclic) bond motifs is 4. The summed E-state index contributed by atoms with van der Waals surface area (Å²) in [7, 11) is 0. The molecule has 0 spiro atoms. The monoisotopic (exact) mass is 630 g/mol. The number of hydrogen-bond acceptors (Lipinski definition) is 3. The first-order valence-corrected chi connectivity index (χ1v) is 17.0. The van der Waals surface area contributed by atoms with Crippen LogP contribution in [-0.4, -0.2) is 4.98 Å². The van der Waals surface area contributed by atoms with E-state index in [1.54, 1.807) is 11.3 Å². The van der Waals surface area contributed by atoms with Gasteiger partial charge < -0.3 is 4.90 Å². The van der Waals surface area contributed by atoms with Gasteiger partial charge in [0.1, 0.15) is 0 Å². The van der Waals surface area contributed by atoms with Crippen LogP contribution in [0.1, 0.15) is 0 Å². The Labute approximate surface area is 283 Å². The number of nitrogens with zero attached hydrogens (tertiary/aromatic N) is 2. The molecule has 0 saturated carbocycles. The molecule has 9 rings (SSSR count). The lowest BCUT2D eigenvalue weighted by molar-refractivity contribution is 1.28. The molecule has 0 atom stereocenters. The molecule has 0 fully saturated rings. The second-order valence-corrected chi connectivity index (χ2v) is 13.1. The zero-order chi connectivity index (χ0) is 31.9. The van der Waals surface area contributed by atoms with Gasteiger partial charge in [-0.3, -0.25) is 4.98 Å². The van der Waals surface area contributed by atoms with E-state index in [0.717, 1.165) is 22.6 Å². The predicted octanol–water partition coefficient (Wildman–Crippen LogP) is 13.1. The molecule has 226 valence electrons. The van der Waals surface area contributed by atoms with Gasteiger partial charge >= 0.3 is 0 Å². The molecule has 0 N–H and O–H groups in total. The van der Waals surface area contributed by atoms with E-state index in [9.17, 15) is 0 Å². The summed E-state index contributed by atoms with van der Waals surface area (Å²) in [6.07, 6.45) is 1.88. The van der Waals surface area contributed by atoms with Gasteiger partial charge in [-0.2, -0.15) is 0 Å². The first kappa shape index (κ1) is 28.2. The third-order valence-corrected chi connectivity index (χ3v) is 10.3. The number of benzene rings is 7. The zero-order valence-corrected chi connectivity index (χ0v) is 26.9. The number of pyridine rings is 1. The Bertz CT molecular complexity index is 2530. The molecule has 0 aliphatic heterocycles. The second-order valence-electron chi connectivity index (χ2n) is 12.0. The SMILES string of the molecule is c1ccc(-c2ccc(N(c3ccc(-c4ccc5sc6cccnc6c5c4)cc3)c3ccc(-c4cccc5ccccc45)cc3)cc2)cc1. The first-order chi connectivity index (χ1) is 23.8. The van der Waals surface area contributed by atoms with Crippen molar-refractivity contribution in [1.82, 2.24) is 4.98 Å². The quantitative estimate of drug-likeness (QED) is 0.182. The number of rotatable bonds is 6. The van der Waals surface area contributed by atoms with Crippen LogP contribution in [0.4, 0.5) is 17.1 Å². The Morgan fingerprint density at radius 3 is 1.71 bits per heavy atom. The van der Waals surface area contributed by atoms with Crippen LogP contribution in [0.3, 0.4) is 0 Å². The van der Waals surface area contributed by atoms with Crippen LogP contribution in [0.25, 0.3) is 64.5 Å². The Kier molecular flexibility index (Phi) is 7.03. The topological polar surface area (TPSA) is 16.1 Å². The van der Waals surface area contributed by atoms with Crippen molar-refractivity contribution in [1.29, 1.82) is 0 Å². The second kappa shape index (κ2) is 12.0. The molecule has 2 aromatic heterocycles. The standard InChI is InChI=1S/C45H30N2S/c1-2-8-31(9-3-1)32-15-22-37(23-16-32)47(39-26-19-35(20-27-39)41-13-6-11-34-10-4-5-12-40(34)41)38-24-17-33(18-25-38)36-21-28-43-42(30-36)45-44(48-43)14-7-29-46-45/h1-30H. The summed E-state index contributed by atoms with van der Waals surface area (Å²) in [5.41, 5.74) is 11.6. The highest BCUT2D eigenvalue weighted by Crippen LogP contribution is 2.40. The highest BCUT2D eigenvalue weighted by molar-refractivity contribution is 7.25. The molecule has 7 aromatic carbocycles. The fraction of sp³-hybridized carbons (Fsp3) is 0. The van der Waals surface area contributed by atoms with E-state index in [1.807, 2.05) is 12.3 Å². The minimum absolute atomic E-state index is 1.08. The fourth-order valence-electron chi connectivity index (χ4n) is 6.73. The van der Waals surface area contributed by atoms with Crippen LogP contribution in [0.2, 0.25) is 0 Å². The van der Waals surface area contributed by atoms with Crippen molar-refractivity contribution in [3.05, 3.63) is 182 Å². The molecule has 48 heavy (non-hydrogen) atoms. The van der Waals surface area contributed by atoms with Gasteiger partial charge in [0.25, 0.3) is 0 Å². The fourth-order valence-corrected chi connectivity index (χ4v) is 7.77. The third-order valence-electron chi connectivity index (χ3n) is 9.14. The smallest absolute Gasteiger partial charge is 0.0888 e. The van der Waals surface area contributed by atoms with Gasteiger partial charge in [-0.05, 0) is 105 Å². The van der Waals surface area contributed by atoms with E-state index in [1.165, 1.54) is 58.9 Å². The highest BCUT2D eigenvalue weighted by Gasteiger charge is 2.15. The normalized spacial score (nSPS) is 11.3. The summed E-state index contributed by atoms with van der Waals surface area (Å²) in [6, 6.07) is 63.3. The van der Waals surface area contributed by atoms with Crippen molar-refractivity contribution < 1.29 is 0 Å². The number of hydrogen-bond donors (Lipinski definition) is 0. The van der Waals surface area contributed by atoms with Gasteiger partial charge in [0, 0.05) is 33.3 Å². The molecule has 0 bridgehead atoms. The Morgan fingerprint density at radius 1 is 0.396 bits per heavy atom. The first-order valence-electron chi connectivity index (χ1n) is 16.2. The third kappa shape index (κ3) is 5.11. The van der Waals surface area contributed by atoms with Gasteiger partial charge in [-0.15, -0.1) is 11.3 Å². The molecular formula is C45H30N2S. The van der Waals surface area contributed by atoms with Gasteiger partial charge in [-0.1, -0.05) is 115 Å². The molecule has 0 unspecified atom stereocenters. The van der Waals surface area contributed by atoms with E-state index in [-0.39, 0.29) is 0 Å². The highest BCUT2D eigenvalue weighted by atomic mass is 32.1. The molecule has 0 saturated heterocycles. The van der Waals surface area contributed by atoms with Crippen molar-refractivity contribution in [2.45, 2.75) is 0 Å². The van der Waals surface area contributed by atoms with Crippen LogP contribution < -0.4 is 4.90 Å². The van der Waals surface area contributed by atoms with Gasteiger partial charge in [0.15, 0.2) is 0 Å². The molecule has 0 amide bonds. The van der Waals surface area contributed by atoms with Crippen molar-refractivity contribution >= 4 is 59.5 Å². The van der Waals surface area contributed by atoms with E-state index in [4.69, 9.17) is 0 Å². The van der Waals surface area contributed by atoms with Crippen molar-refractivity contribution in [2.24, 2.45) is 0 Å². The maximum atomic E-state index is 4.68. The van der Waals surface area contributed by atoms with Gasteiger partial charge in [0.2, 0.25) is 0 Å². The maximum absolute atomic E-state index is 4.68. The maximum Gasteiger partial charge on any atom is 0.0888 e. The number of aromatic nitrogens is 1.